The van der Waals surface area contributed by atoms with E-state index in [2.05, 4.69) is 17.2 Å². The molecule has 132 valence electrons. The van der Waals surface area contributed by atoms with E-state index in [1.807, 2.05) is 12.1 Å². The number of urea groups is 1. The topological polar surface area (TPSA) is 65.5 Å². The molecular formula is C19H22FN3O2. The lowest BCUT2D eigenvalue weighted by molar-refractivity contribution is 0.169. The van der Waals surface area contributed by atoms with E-state index >= 15 is 0 Å². The largest absolute Gasteiger partial charge is 0.391 e. The Bertz CT molecular complexity index is 753. The number of benzene rings is 1. The molecule has 2 N–H and O–H groups in total. The lowest BCUT2D eigenvalue weighted by atomic mass is 10.0. The van der Waals surface area contributed by atoms with Crippen LogP contribution in [0, 0.1) is 5.82 Å². The molecule has 25 heavy (non-hydrogen) atoms. The van der Waals surface area contributed by atoms with E-state index < -0.39 is 6.10 Å². The lowest BCUT2D eigenvalue weighted by Gasteiger charge is -2.25. The Balaban J connectivity index is 1.69. The number of pyridine rings is 1. The maximum absolute atomic E-state index is 13.5. The molecule has 1 aromatic heterocycles. The first-order valence-electron chi connectivity index (χ1n) is 8.48. The first-order valence-corrected chi connectivity index (χ1v) is 8.48. The van der Waals surface area contributed by atoms with Crippen molar-refractivity contribution in [2.45, 2.75) is 38.5 Å². The highest BCUT2D eigenvalue weighted by Crippen LogP contribution is 2.32. The van der Waals surface area contributed by atoms with Gasteiger partial charge in [0, 0.05) is 12.7 Å². The highest BCUT2D eigenvalue weighted by Gasteiger charge is 2.35. The van der Waals surface area contributed by atoms with Gasteiger partial charge in [-0.05, 0) is 48.2 Å². The van der Waals surface area contributed by atoms with Gasteiger partial charge >= 0.3 is 6.03 Å². The van der Waals surface area contributed by atoms with Crippen LogP contribution >= 0.6 is 0 Å². The number of β-amino-alcohol motifs (C(OH)–C–C–N with tert-alkyl or cyclic N) is 1. The molecule has 2 amide bonds. The van der Waals surface area contributed by atoms with Crippen molar-refractivity contribution in [1.82, 2.24) is 15.2 Å². The number of likely N-dealkylation sites (tertiary alicyclic amines) is 1. The summed E-state index contributed by atoms with van der Waals surface area (Å²) in [5.74, 6) is -0.347. The molecule has 0 saturated carbocycles. The number of carbonyl (C=O) groups excluding carboxylic acids is 1. The summed E-state index contributed by atoms with van der Waals surface area (Å²) < 4.78 is 13.5. The van der Waals surface area contributed by atoms with E-state index in [9.17, 15) is 14.3 Å². The van der Waals surface area contributed by atoms with Gasteiger partial charge in [0.1, 0.15) is 5.82 Å². The molecule has 0 unspecified atom stereocenters. The van der Waals surface area contributed by atoms with Crippen LogP contribution in [0.15, 0.2) is 42.6 Å². The van der Waals surface area contributed by atoms with E-state index in [0.29, 0.717) is 18.5 Å². The zero-order valence-electron chi connectivity index (χ0n) is 14.2. The second-order valence-corrected chi connectivity index (χ2v) is 6.28. The third-order valence-corrected chi connectivity index (χ3v) is 4.48. The second-order valence-electron chi connectivity index (χ2n) is 6.28. The molecule has 2 aromatic rings. The van der Waals surface area contributed by atoms with Crippen LogP contribution in [0.1, 0.15) is 36.2 Å². The Morgan fingerprint density at radius 1 is 1.40 bits per heavy atom. The SMILES string of the molecule is CCc1ccnc(CNC(=O)N2C[C@@H](O)C[C@@H]2c2cccc(F)c2)c1. The monoisotopic (exact) mass is 343 g/mol. The van der Waals surface area contributed by atoms with E-state index in [0.717, 1.165) is 17.7 Å². The Morgan fingerprint density at radius 3 is 3.00 bits per heavy atom. The number of hydrogen-bond donors (Lipinski definition) is 2. The number of amides is 2. The molecule has 0 bridgehead atoms. The number of aryl methyl sites for hydroxylation is 1. The van der Waals surface area contributed by atoms with Crippen molar-refractivity contribution in [3.05, 3.63) is 65.2 Å². The molecule has 0 spiro atoms. The van der Waals surface area contributed by atoms with Gasteiger partial charge in [0.05, 0.1) is 24.4 Å². The van der Waals surface area contributed by atoms with Gasteiger partial charge in [-0.1, -0.05) is 19.1 Å². The molecule has 1 saturated heterocycles. The molecule has 1 fully saturated rings. The minimum atomic E-state index is -0.611. The molecule has 6 heteroatoms. The van der Waals surface area contributed by atoms with Crippen LogP contribution in [0.3, 0.4) is 0 Å². The molecule has 2 heterocycles. The Morgan fingerprint density at radius 2 is 2.24 bits per heavy atom. The predicted molar refractivity (Wildman–Crippen MR) is 92.3 cm³/mol. The first-order chi connectivity index (χ1) is 12.1. The average molecular weight is 343 g/mol. The summed E-state index contributed by atoms with van der Waals surface area (Å²) in [6, 6.07) is 9.46. The van der Waals surface area contributed by atoms with Crippen LogP contribution in [-0.2, 0) is 13.0 Å². The van der Waals surface area contributed by atoms with Gasteiger partial charge in [0.25, 0.3) is 0 Å². The molecule has 1 aliphatic heterocycles. The number of halogens is 1. The van der Waals surface area contributed by atoms with Crippen LogP contribution in [-0.4, -0.2) is 33.7 Å². The third-order valence-electron chi connectivity index (χ3n) is 4.48. The van der Waals surface area contributed by atoms with Gasteiger partial charge in [-0.15, -0.1) is 0 Å². The first kappa shape index (κ1) is 17.4. The molecule has 1 aliphatic rings. The number of nitrogens with one attached hydrogen (secondary N) is 1. The number of aromatic nitrogens is 1. The molecule has 3 rings (SSSR count). The molecule has 0 radical (unpaired) electrons. The number of aliphatic hydroxyl groups excluding tert-OH is 1. The Hall–Kier alpha value is -2.47. The standard InChI is InChI=1S/C19H22FN3O2/c1-2-13-6-7-21-16(8-13)11-22-19(25)23-12-17(24)10-18(23)14-4-3-5-15(20)9-14/h3-9,17-18,24H,2,10-12H2,1H3,(H,22,25)/t17-,18+/m0/s1. The van der Waals surface area contributed by atoms with Crippen molar-refractivity contribution >= 4 is 6.03 Å². The van der Waals surface area contributed by atoms with E-state index in [1.54, 1.807) is 23.2 Å². The van der Waals surface area contributed by atoms with Crippen LogP contribution in [0.4, 0.5) is 9.18 Å². The third kappa shape index (κ3) is 4.14. The van der Waals surface area contributed by atoms with Crippen molar-refractivity contribution in [2.24, 2.45) is 0 Å². The number of rotatable bonds is 4. The van der Waals surface area contributed by atoms with Crippen molar-refractivity contribution in [3.8, 4) is 0 Å². The number of nitrogens with zero attached hydrogens (tertiary/aromatic N) is 2. The maximum atomic E-state index is 13.5. The van der Waals surface area contributed by atoms with Gasteiger partial charge < -0.3 is 15.3 Å². The number of carbonyl (C=O) groups is 1. The van der Waals surface area contributed by atoms with Crippen LogP contribution < -0.4 is 5.32 Å². The summed E-state index contributed by atoms with van der Waals surface area (Å²) in [5.41, 5.74) is 2.64. The van der Waals surface area contributed by atoms with Crippen LogP contribution in [0.2, 0.25) is 0 Å². The highest BCUT2D eigenvalue weighted by atomic mass is 19.1. The summed E-state index contributed by atoms with van der Waals surface area (Å²) in [6.07, 6.45) is 2.43. The molecule has 1 aromatic carbocycles. The summed E-state index contributed by atoms with van der Waals surface area (Å²) in [4.78, 5) is 18.4. The van der Waals surface area contributed by atoms with Crippen molar-refractivity contribution in [1.29, 1.82) is 0 Å². The van der Waals surface area contributed by atoms with Crippen molar-refractivity contribution < 1.29 is 14.3 Å². The second kappa shape index (κ2) is 7.61. The van der Waals surface area contributed by atoms with Gasteiger partial charge in [-0.3, -0.25) is 4.98 Å². The minimum absolute atomic E-state index is 0.232. The Labute approximate surface area is 146 Å². The fourth-order valence-electron chi connectivity index (χ4n) is 3.18. The fraction of sp³-hybridized carbons (Fsp3) is 0.368. The summed E-state index contributed by atoms with van der Waals surface area (Å²) in [6.45, 7) is 2.61. The van der Waals surface area contributed by atoms with Gasteiger partial charge in [0.15, 0.2) is 0 Å². The average Bonchev–Trinajstić information content (AvgIpc) is 3.02. The van der Waals surface area contributed by atoms with Crippen molar-refractivity contribution in [3.63, 3.8) is 0 Å². The van der Waals surface area contributed by atoms with E-state index in [4.69, 9.17) is 0 Å². The van der Waals surface area contributed by atoms with Gasteiger partial charge in [-0.25, -0.2) is 9.18 Å². The minimum Gasteiger partial charge on any atom is -0.391 e. The summed E-state index contributed by atoms with van der Waals surface area (Å²) in [7, 11) is 0. The molecule has 0 aliphatic carbocycles. The lowest BCUT2D eigenvalue weighted by Crippen LogP contribution is -2.40. The fourth-order valence-corrected chi connectivity index (χ4v) is 3.18. The maximum Gasteiger partial charge on any atom is 0.318 e. The molecule has 5 nitrogen and oxygen atoms in total. The normalized spacial score (nSPS) is 19.9. The summed E-state index contributed by atoms with van der Waals surface area (Å²) in [5, 5.41) is 12.8. The predicted octanol–water partition coefficient (Wildman–Crippen LogP) is 2.80. The summed E-state index contributed by atoms with van der Waals surface area (Å²) >= 11 is 0. The smallest absolute Gasteiger partial charge is 0.318 e. The van der Waals surface area contributed by atoms with E-state index in [-0.39, 0.29) is 24.4 Å². The molecule has 2 atom stereocenters. The van der Waals surface area contributed by atoms with Crippen molar-refractivity contribution in [2.75, 3.05) is 6.54 Å². The highest BCUT2D eigenvalue weighted by molar-refractivity contribution is 5.75. The zero-order chi connectivity index (χ0) is 17.8. The van der Waals surface area contributed by atoms with Crippen LogP contribution in [0.5, 0.6) is 0 Å². The number of hydrogen-bond acceptors (Lipinski definition) is 3. The van der Waals surface area contributed by atoms with Crippen LogP contribution in [0.25, 0.3) is 0 Å². The van der Waals surface area contributed by atoms with E-state index in [1.165, 1.54) is 12.1 Å². The van der Waals surface area contributed by atoms with Gasteiger partial charge in [-0.2, -0.15) is 0 Å². The Kier molecular flexibility index (Phi) is 5.28. The number of aliphatic hydroxyl groups is 1. The van der Waals surface area contributed by atoms with Gasteiger partial charge in [0.2, 0.25) is 0 Å². The zero-order valence-corrected chi connectivity index (χ0v) is 14.2. The quantitative estimate of drug-likeness (QED) is 0.897. The molecular weight excluding hydrogens is 321 g/mol.